The number of benzene rings is 1. The first kappa shape index (κ1) is 13.7. The summed E-state index contributed by atoms with van der Waals surface area (Å²) in [5, 5.41) is 10.4. The number of aromatic nitrogens is 3. The lowest BCUT2D eigenvalue weighted by molar-refractivity contribution is 0.409. The highest BCUT2D eigenvalue weighted by atomic mass is 15.2. The summed E-state index contributed by atoms with van der Waals surface area (Å²) in [5.74, 6) is 1.54. The van der Waals surface area contributed by atoms with Crippen molar-refractivity contribution in [3.63, 3.8) is 0 Å². The Labute approximate surface area is 114 Å². The Morgan fingerprint density at radius 1 is 1.21 bits per heavy atom. The van der Waals surface area contributed by atoms with Crippen LogP contribution < -0.4 is 5.32 Å². The first-order valence-electron chi connectivity index (χ1n) is 6.90. The summed E-state index contributed by atoms with van der Waals surface area (Å²) in [7, 11) is 0. The van der Waals surface area contributed by atoms with Gasteiger partial charge in [-0.3, -0.25) is 5.10 Å². The largest absolute Gasteiger partial charge is 0.310 e. The van der Waals surface area contributed by atoms with Crippen molar-refractivity contribution in [2.75, 3.05) is 6.54 Å². The van der Waals surface area contributed by atoms with E-state index in [4.69, 9.17) is 0 Å². The fourth-order valence-corrected chi connectivity index (χ4v) is 2.26. The second-order valence-electron chi connectivity index (χ2n) is 5.12. The average Bonchev–Trinajstić information content (AvgIpc) is 2.92. The molecular formula is C15H22N4. The van der Waals surface area contributed by atoms with Crippen molar-refractivity contribution in [1.29, 1.82) is 0 Å². The number of rotatable bonds is 7. The monoisotopic (exact) mass is 258 g/mol. The Kier molecular flexibility index (Phi) is 5.10. The third-order valence-corrected chi connectivity index (χ3v) is 3.24. The topological polar surface area (TPSA) is 53.6 Å². The highest BCUT2D eigenvalue weighted by Gasteiger charge is 2.14. The van der Waals surface area contributed by atoms with E-state index in [0.29, 0.717) is 12.0 Å². The first-order valence-corrected chi connectivity index (χ1v) is 6.90. The molecule has 0 bridgehead atoms. The van der Waals surface area contributed by atoms with Gasteiger partial charge in [-0.25, -0.2) is 4.98 Å². The highest BCUT2D eigenvalue weighted by molar-refractivity contribution is 5.19. The number of aryl methyl sites for hydroxylation is 1. The van der Waals surface area contributed by atoms with E-state index in [1.165, 1.54) is 5.56 Å². The molecule has 0 saturated heterocycles. The van der Waals surface area contributed by atoms with Gasteiger partial charge in [0.15, 0.2) is 0 Å². The van der Waals surface area contributed by atoms with Crippen LogP contribution in [-0.2, 0) is 6.42 Å². The van der Waals surface area contributed by atoms with E-state index in [2.05, 4.69) is 64.7 Å². The lowest BCUT2D eigenvalue weighted by Gasteiger charge is -2.23. The van der Waals surface area contributed by atoms with Crippen LogP contribution in [0.3, 0.4) is 0 Å². The Bertz CT molecular complexity index is 450. The third kappa shape index (κ3) is 4.17. The van der Waals surface area contributed by atoms with Gasteiger partial charge in [0, 0.05) is 12.5 Å². The molecule has 4 heteroatoms. The van der Waals surface area contributed by atoms with Gasteiger partial charge in [0.1, 0.15) is 12.2 Å². The molecule has 4 nitrogen and oxygen atoms in total. The number of hydrogen-bond donors (Lipinski definition) is 2. The number of aromatic amines is 1. The van der Waals surface area contributed by atoms with Gasteiger partial charge in [-0.2, -0.15) is 5.10 Å². The van der Waals surface area contributed by atoms with Crippen LogP contribution in [0.2, 0.25) is 0 Å². The molecule has 0 aliphatic heterocycles. The smallest absolute Gasteiger partial charge is 0.137 e. The molecule has 102 valence electrons. The fourth-order valence-electron chi connectivity index (χ4n) is 2.26. The zero-order valence-electron chi connectivity index (χ0n) is 11.6. The van der Waals surface area contributed by atoms with E-state index in [0.717, 1.165) is 25.2 Å². The molecule has 0 amide bonds. The molecule has 1 heterocycles. The lowest BCUT2D eigenvalue weighted by atomic mass is 9.96. The molecule has 2 N–H and O–H groups in total. The normalized spacial score (nSPS) is 12.8. The number of H-pyrrole nitrogens is 1. The lowest BCUT2D eigenvalue weighted by Crippen LogP contribution is -2.27. The van der Waals surface area contributed by atoms with Crippen LogP contribution in [0.1, 0.15) is 37.7 Å². The van der Waals surface area contributed by atoms with Gasteiger partial charge in [-0.1, -0.05) is 44.2 Å². The maximum absolute atomic E-state index is 4.13. The fraction of sp³-hybridized carbons (Fsp3) is 0.467. The summed E-state index contributed by atoms with van der Waals surface area (Å²) in [6, 6.07) is 11.0. The standard InChI is InChI=1S/C15H22N4/c1-12(2)15(13-7-4-3-5-8-13)16-10-6-9-14-17-11-18-19-14/h3-5,7-8,11-12,15-16H,6,9-10H2,1-2H3,(H,17,18,19). The van der Waals surface area contributed by atoms with Gasteiger partial charge in [-0.05, 0) is 24.4 Å². The first-order chi connectivity index (χ1) is 9.27. The van der Waals surface area contributed by atoms with E-state index in [1.807, 2.05) is 0 Å². The molecule has 1 aromatic carbocycles. The maximum atomic E-state index is 4.13. The van der Waals surface area contributed by atoms with E-state index in [1.54, 1.807) is 6.33 Å². The van der Waals surface area contributed by atoms with E-state index in [-0.39, 0.29) is 0 Å². The van der Waals surface area contributed by atoms with Crippen molar-refractivity contribution in [1.82, 2.24) is 20.5 Å². The summed E-state index contributed by atoms with van der Waals surface area (Å²) in [4.78, 5) is 4.13. The zero-order valence-corrected chi connectivity index (χ0v) is 11.6. The van der Waals surface area contributed by atoms with Crippen LogP contribution in [0.4, 0.5) is 0 Å². The average molecular weight is 258 g/mol. The van der Waals surface area contributed by atoms with Gasteiger partial charge in [-0.15, -0.1) is 0 Å². The van der Waals surface area contributed by atoms with Crippen LogP contribution in [-0.4, -0.2) is 21.7 Å². The molecule has 19 heavy (non-hydrogen) atoms. The molecule has 0 spiro atoms. The molecule has 2 aromatic rings. The number of hydrogen-bond acceptors (Lipinski definition) is 3. The summed E-state index contributed by atoms with van der Waals surface area (Å²) in [6.07, 6.45) is 3.56. The third-order valence-electron chi connectivity index (χ3n) is 3.24. The second kappa shape index (κ2) is 7.04. The van der Waals surface area contributed by atoms with E-state index >= 15 is 0 Å². The Balaban J connectivity index is 1.81. The number of nitrogens with zero attached hydrogens (tertiary/aromatic N) is 2. The summed E-state index contributed by atoms with van der Waals surface area (Å²) in [6.45, 7) is 5.49. The maximum Gasteiger partial charge on any atom is 0.137 e. The van der Waals surface area contributed by atoms with Gasteiger partial charge >= 0.3 is 0 Å². The van der Waals surface area contributed by atoms with E-state index < -0.39 is 0 Å². The Morgan fingerprint density at radius 3 is 2.63 bits per heavy atom. The van der Waals surface area contributed by atoms with Gasteiger partial charge in [0.2, 0.25) is 0 Å². The van der Waals surface area contributed by atoms with Crippen LogP contribution >= 0.6 is 0 Å². The predicted octanol–water partition coefficient (Wildman–Crippen LogP) is 2.72. The predicted molar refractivity (Wildman–Crippen MR) is 76.7 cm³/mol. The Morgan fingerprint density at radius 2 is 2.00 bits per heavy atom. The van der Waals surface area contributed by atoms with Crippen LogP contribution in [0.5, 0.6) is 0 Å². The van der Waals surface area contributed by atoms with E-state index in [9.17, 15) is 0 Å². The quantitative estimate of drug-likeness (QED) is 0.751. The van der Waals surface area contributed by atoms with Gasteiger partial charge in [0.05, 0.1) is 0 Å². The minimum Gasteiger partial charge on any atom is -0.310 e. The minimum atomic E-state index is 0.413. The highest BCUT2D eigenvalue weighted by Crippen LogP contribution is 2.21. The molecule has 2 rings (SSSR count). The molecule has 0 fully saturated rings. The van der Waals surface area contributed by atoms with Crippen LogP contribution in [0, 0.1) is 5.92 Å². The molecule has 0 saturated carbocycles. The van der Waals surface area contributed by atoms with Crippen LogP contribution in [0.15, 0.2) is 36.7 Å². The van der Waals surface area contributed by atoms with Crippen LogP contribution in [0.25, 0.3) is 0 Å². The summed E-state index contributed by atoms with van der Waals surface area (Å²) in [5.41, 5.74) is 1.36. The second-order valence-corrected chi connectivity index (χ2v) is 5.12. The Hall–Kier alpha value is -1.68. The van der Waals surface area contributed by atoms with Crippen molar-refractivity contribution >= 4 is 0 Å². The molecule has 0 aliphatic carbocycles. The molecule has 1 unspecified atom stereocenters. The van der Waals surface area contributed by atoms with Crippen molar-refractivity contribution in [2.24, 2.45) is 5.92 Å². The molecule has 1 aromatic heterocycles. The van der Waals surface area contributed by atoms with Crippen molar-refractivity contribution in [3.05, 3.63) is 48.0 Å². The number of nitrogens with one attached hydrogen (secondary N) is 2. The van der Waals surface area contributed by atoms with Gasteiger partial charge in [0.25, 0.3) is 0 Å². The molecule has 0 radical (unpaired) electrons. The molecule has 0 aliphatic rings. The zero-order chi connectivity index (χ0) is 13.5. The SMILES string of the molecule is CC(C)C(NCCCc1ncn[nH]1)c1ccccc1. The molecule has 1 atom stereocenters. The summed E-state index contributed by atoms with van der Waals surface area (Å²) >= 11 is 0. The van der Waals surface area contributed by atoms with Crippen molar-refractivity contribution < 1.29 is 0 Å². The van der Waals surface area contributed by atoms with Gasteiger partial charge < -0.3 is 5.32 Å². The molecular weight excluding hydrogens is 236 g/mol. The minimum absolute atomic E-state index is 0.413. The summed E-state index contributed by atoms with van der Waals surface area (Å²) < 4.78 is 0. The van der Waals surface area contributed by atoms with Crippen molar-refractivity contribution in [2.45, 2.75) is 32.7 Å². The van der Waals surface area contributed by atoms with Crippen molar-refractivity contribution in [3.8, 4) is 0 Å².